The molecule has 0 saturated carbocycles. The summed E-state index contributed by atoms with van der Waals surface area (Å²) in [7, 11) is 0. The topological polar surface area (TPSA) is 80.9 Å². The van der Waals surface area contributed by atoms with Crippen LogP contribution in [-0.2, 0) is 0 Å². The zero-order valence-electron chi connectivity index (χ0n) is 12.6. The molecule has 2 heterocycles. The van der Waals surface area contributed by atoms with Gasteiger partial charge in [-0.3, -0.25) is 4.79 Å². The molecule has 23 heavy (non-hydrogen) atoms. The Bertz CT molecular complexity index is 871. The first kappa shape index (κ1) is 15.2. The smallest absolute Gasteiger partial charge is 0.261 e. The molecular weight excluding hydrogens is 308 g/mol. The first-order valence-electron chi connectivity index (χ1n) is 7.25. The number of carbonyl (C=O) groups excluding carboxylic acids is 1. The number of thiophene rings is 1. The van der Waals surface area contributed by atoms with Gasteiger partial charge in [0.1, 0.15) is 4.83 Å². The zero-order chi connectivity index (χ0) is 16.2. The summed E-state index contributed by atoms with van der Waals surface area (Å²) < 4.78 is 0. The van der Waals surface area contributed by atoms with Crippen LogP contribution in [-0.4, -0.2) is 22.4 Å². The van der Waals surface area contributed by atoms with Crippen LogP contribution < -0.4 is 11.1 Å². The number of carbonyl (C=O) groups is 1. The van der Waals surface area contributed by atoms with Gasteiger partial charge in [-0.2, -0.15) is 0 Å². The van der Waals surface area contributed by atoms with Crippen LogP contribution in [0.4, 0.5) is 5.95 Å². The summed E-state index contributed by atoms with van der Waals surface area (Å²) in [5.74, 6) is 0.0987. The lowest BCUT2D eigenvalue weighted by atomic mass is 10.2. The molecule has 116 valence electrons. The molecule has 1 aromatic carbocycles. The molecule has 0 atom stereocenters. The molecule has 0 aliphatic rings. The van der Waals surface area contributed by atoms with E-state index in [9.17, 15) is 4.79 Å². The number of anilines is 1. The number of nitrogens with two attached hydrogens (primary N) is 1. The van der Waals surface area contributed by atoms with Crippen molar-refractivity contribution in [2.45, 2.75) is 6.92 Å². The van der Waals surface area contributed by atoms with Crippen molar-refractivity contribution < 1.29 is 4.79 Å². The van der Waals surface area contributed by atoms with Crippen molar-refractivity contribution in [3.05, 3.63) is 52.5 Å². The van der Waals surface area contributed by atoms with E-state index >= 15 is 0 Å². The first-order chi connectivity index (χ1) is 11.2. The Labute approximate surface area is 137 Å². The summed E-state index contributed by atoms with van der Waals surface area (Å²) in [5, 5.41) is 3.62. The van der Waals surface area contributed by atoms with Crippen LogP contribution in [0.2, 0.25) is 0 Å². The van der Waals surface area contributed by atoms with Gasteiger partial charge in [0.05, 0.1) is 10.6 Å². The van der Waals surface area contributed by atoms with E-state index in [1.165, 1.54) is 11.3 Å². The summed E-state index contributed by atoms with van der Waals surface area (Å²) in [6, 6.07) is 11.7. The van der Waals surface area contributed by atoms with Gasteiger partial charge in [-0.25, -0.2) is 9.97 Å². The lowest BCUT2D eigenvalue weighted by Crippen LogP contribution is -2.21. The quantitative estimate of drug-likeness (QED) is 0.772. The minimum atomic E-state index is -0.105. The fourth-order valence-corrected chi connectivity index (χ4v) is 3.15. The molecule has 1 amide bonds. The van der Waals surface area contributed by atoms with Crippen molar-refractivity contribution in [3.8, 4) is 0 Å². The van der Waals surface area contributed by atoms with Gasteiger partial charge in [-0.05, 0) is 24.6 Å². The highest BCUT2D eigenvalue weighted by molar-refractivity contribution is 7.20. The van der Waals surface area contributed by atoms with E-state index in [0.29, 0.717) is 21.9 Å². The lowest BCUT2D eigenvalue weighted by molar-refractivity contribution is 0.0960. The molecule has 3 rings (SSSR count). The van der Waals surface area contributed by atoms with E-state index in [-0.39, 0.29) is 11.9 Å². The molecule has 2 aromatic heterocycles. The summed E-state index contributed by atoms with van der Waals surface area (Å²) in [6.45, 7) is 2.47. The summed E-state index contributed by atoms with van der Waals surface area (Å²) >= 11 is 1.32. The van der Waals surface area contributed by atoms with Crippen LogP contribution in [0.15, 0.2) is 36.4 Å². The molecule has 0 unspecified atom stereocenters. The van der Waals surface area contributed by atoms with Crippen molar-refractivity contribution in [1.82, 2.24) is 15.3 Å². The number of fused-ring (bicyclic) bond motifs is 1. The number of aromatic nitrogens is 2. The Kier molecular flexibility index (Phi) is 4.34. The molecule has 0 spiro atoms. The lowest BCUT2D eigenvalue weighted by Gasteiger charge is -1.98. The Balaban J connectivity index is 2.02. The number of rotatable bonds is 4. The van der Waals surface area contributed by atoms with Gasteiger partial charge in [-0.1, -0.05) is 36.4 Å². The second kappa shape index (κ2) is 6.58. The summed E-state index contributed by atoms with van der Waals surface area (Å²) in [4.78, 5) is 21.8. The molecule has 0 saturated heterocycles. The molecule has 3 aromatic rings. The second-order valence-electron chi connectivity index (χ2n) is 4.90. The third-order valence-electron chi connectivity index (χ3n) is 3.23. The van der Waals surface area contributed by atoms with E-state index in [1.54, 1.807) is 0 Å². The molecule has 5 nitrogen and oxygen atoms in total. The first-order valence-corrected chi connectivity index (χ1v) is 8.07. The Morgan fingerprint density at radius 3 is 2.78 bits per heavy atom. The predicted octanol–water partition coefficient (Wildman–Crippen LogP) is 3.19. The summed E-state index contributed by atoms with van der Waals surface area (Å²) in [6.07, 6.45) is 3.86. The molecule has 3 N–H and O–H groups in total. The maximum absolute atomic E-state index is 12.0. The molecule has 0 aliphatic carbocycles. The fourth-order valence-electron chi connectivity index (χ4n) is 2.19. The molecule has 0 fully saturated rings. The van der Waals surface area contributed by atoms with E-state index < -0.39 is 0 Å². The number of nitrogens with zero attached hydrogens (tertiary/aromatic N) is 2. The van der Waals surface area contributed by atoms with Crippen molar-refractivity contribution in [3.63, 3.8) is 0 Å². The maximum Gasteiger partial charge on any atom is 0.261 e. The third-order valence-corrected chi connectivity index (χ3v) is 4.26. The van der Waals surface area contributed by atoms with Gasteiger partial charge in [0.2, 0.25) is 5.95 Å². The highest BCUT2D eigenvalue weighted by Gasteiger charge is 2.13. The minimum absolute atomic E-state index is 0.105. The Hall–Kier alpha value is -2.73. The predicted molar refractivity (Wildman–Crippen MR) is 95.2 cm³/mol. The highest BCUT2D eigenvalue weighted by atomic mass is 32.1. The highest BCUT2D eigenvalue weighted by Crippen LogP contribution is 2.27. The standard InChI is InChI=1S/C17H16N4OS/c1-2-19-15(22)14-10-12-13(20-17(18)21-16(12)23-14)9-8-11-6-4-3-5-7-11/h3-10H,2H2,1H3,(H,19,22)(H2,18,20,21)/b9-8+. The molecule has 0 radical (unpaired) electrons. The van der Waals surface area contributed by atoms with Crippen LogP contribution in [0.3, 0.4) is 0 Å². The van der Waals surface area contributed by atoms with E-state index in [1.807, 2.05) is 55.5 Å². The van der Waals surface area contributed by atoms with Crippen molar-refractivity contribution in [1.29, 1.82) is 0 Å². The number of hydrogen-bond acceptors (Lipinski definition) is 5. The van der Waals surface area contributed by atoms with E-state index in [0.717, 1.165) is 10.9 Å². The van der Waals surface area contributed by atoms with Gasteiger partial charge in [0, 0.05) is 11.9 Å². The number of amides is 1. The van der Waals surface area contributed by atoms with Crippen LogP contribution in [0, 0.1) is 0 Å². The minimum Gasteiger partial charge on any atom is -0.368 e. The number of nitrogens with one attached hydrogen (secondary N) is 1. The van der Waals surface area contributed by atoms with Gasteiger partial charge in [-0.15, -0.1) is 11.3 Å². The van der Waals surface area contributed by atoms with E-state index in [2.05, 4.69) is 15.3 Å². The molecule has 0 bridgehead atoms. The van der Waals surface area contributed by atoms with Gasteiger partial charge in [0.25, 0.3) is 5.91 Å². The third kappa shape index (κ3) is 3.37. The number of hydrogen-bond donors (Lipinski definition) is 2. The van der Waals surface area contributed by atoms with Crippen LogP contribution in [0.5, 0.6) is 0 Å². The largest absolute Gasteiger partial charge is 0.368 e. The van der Waals surface area contributed by atoms with Gasteiger partial charge < -0.3 is 11.1 Å². The Morgan fingerprint density at radius 2 is 2.04 bits per heavy atom. The number of nitrogen functional groups attached to an aromatic ring is 1. The van der Waals surface area contributed by atoms with Crippen LogP contribution in [0.25, 0.3) is 22.4 Å². The van der Waals surface area contributed by atoms with Gasteiger partial charge in [0.15, 0.2) is 0 Å². The Morgan fingerprint density at radius 1 is 1.26 bits per heavy atom. The monoisotopic (exact) mass is 324 g/mol. The average molecular weight is 324 g/mol. The number of benzene rings is 1. The molecule has 0 aliphatic heterocycles. The maximum atomic E-state index is 12.0. The summed E-state index contributed by atoms with van der Waals surface area (Å²) in [5.41, 5.74) is 7.57. The molecule has 6 heteroatoms. The fraction of sp³-hybridized carbons (Fsp3) is 0.118. The van der Waals surface area contributed by atoms with E-state index in [4.69, 9.17) is 5.73 Å². The zero-order valence-corrected chi connectivity index (χ0v) is 13.4. The van der Waals surface area contributed by atoms with Crippen molar-refractivity contribution >= 4 is 45.6 Å². The van der Waals surface area contributed by atoms with Crippen molar-refractivity contribution in [2.24, 2.45) is 0 Å². The molecular formula is C17H16N4OS. The second-order valence-corrected chi connectivity index (χ2v) is 5.93. The van der Waals surface area contributed by atoms with Crippen molar-refractivity contribution in [2.75, 3.05) is 12.3 Å². The normalized spacial score (nSPS) is 11.2. The van der Waals surface area contributed by atoms with Crippen LogP contribution >= 0.6 is 11.3 Å². The van der Waals surface area contributed by atoms with Crippen LogP contribution in [0.1, 0.15) is 27.9 Å². The average Bonchev–Trinajstić information content (AvgIpc) is 2.98. The van der Waals surface area contributed by atoms with Gasteiger partial charge >= 0.3 is 0 Å². The SMILES string of the molecule is CCNC(=O)c1cc2c(/C=C/c3ccccc3)nc(N)nc2s1.